The summed E-state index contributed by atoms with van der Waals surface area (Å²) in [5.41, 5.74) is 2.14. The number of nitrogens with one attached hydrogen (secondary N) is 4. The average Bonchev–Trinajstić information content (AvgIpc) is 3.59. The lowest BCUT2D eigenvalue weighted by Crippen LogP contribution is -2.28. The maximum Gasteiger partial charge on any atom is 0.176 e. The van der Waals surface area contributed by atoms with E-state index in [1.807, 2.05) is 0 Å². The number of aliphatic imine (C=N–C) groups is 4. The summed E-state index contributed by atoms with van der Waals surface area (Å²) in [6.07, 6.45) is 3.31. The average molecular weight is 595 g/mol. The van der Waals surface area contributed by atoms with Gasteiger partial charge in [-0.05, 0) is 109 Å². The Labute approximate surface area is 249 Å². The van der Waals surface area contributed by atoms with Gasteiger partial charge in [0.25, 0.3) is 0 Å². The summed E-state index contributed by atoms with van der Waals surface area (Å²) >= 11 is 0. The normalized spacial score (nSPS) is 17.9. The van der Waals surface area contributed by atoms with Gasteiger partial charge in [0, 0.05) is 11.4 Å². The Bertz CT molecular complexity index is 1720. The lowest BCUT2D eigenvalue weighted by atomic mass is 10.3. The van der Waals surface area contributed by atoms with Gasteiger partial charge in [0.1, 0.15) is 34.9 Å². The molecule has 0 aromatic heterocycles. The summed E-state index contributed by atoms with van der Waals surface area (Å²) in [6, 6.07) is 22.8. The van der Waals surface area contributed by atoms with E-state index in [1.165, 1.54) is 72.8 Å². The molecule has 0 saturated heterocycles. The monoisotopic (exact) mass is 594 g/mol. The SMILES string of the molecule is Fc1ccc(N=C2N/C(=C/C=C3\N=C(Nc4ccc(F)cc4)C(=Nc4ccc(F)cc4)N3)N=C2Nc2ccc(F)cc2)cc1. The van der Waals surface area contributed by atoms with Crippen LogP contribution in [0.3, 0.4) is 0 Å². The first-order chi connectivity index (χ1) is 21.4. The highest BCUT2D eigenvalue weighted by Gasteiger charge is 2.21. The minimum absolute atomic E-state index is 0.352. The van der Waals surface area contributed by atoms with Gasteiger partial charge >= 0.3 is 0 Å². The van der Waals surface area contributed by atoms with Crippen molar-refractivity contribution in [1.82, 2.24) is 10.6 Å². The minimum Gasteiger partial charge on any atom is -0.337 e. The van der Waals surface area contributed by atoms with Crippen LogP contribution in [-0.4, -0.2) is 23.3 Å². The van der Waals surface area contributed by atoms with E-state index in [0.717, 1.165) is 0 Å². The molecule has 4 N–H and O–H groups in total. The lowest BCUT2D eigenvalue weighted by Gasteiger charge is -2.07. The van der Waals surface area contributed by atoms with Crippen LogP contribution >= 0.6 is 0 Å². The summed E-state index contributed by atoms with van der Waals surface area (Å²) in [5, 5.41) is 12.4. The third-order valence-electron chi connectivity index (χ3n) is 6.15. The predicted octanol–water partition coefficient (Wildman–Crippen LogP) is 6.91. The van der Waals surface area contributed by atoms with Gasteiger partial charge in [-0.3, -0.25) is 0 Å². The number of benzene rings is 4. The Morgan fingerprint density at radius 2 is 0.795 bits per heavy atom. The van der Waals surface area contributed by atoms with Crippen molar-refractivity contribution in [2.24, 2.45) is 20.0 Å². The van der Waals surface area contributed by atoms with E-state index >= 15 is 0 Å². The largest absolute Gasteiger partial charge is 0.337 e. The van der Waals surface area contributed by atoms with Gasteiger partial charge in [0.2, 0.25) is 0 Å². The van der Waals surface area contributed by atoms with Gasteiger partial charge in [-0.1, -0.05) is 0 Å². The van der Waals surface area contributed by atoms with E-state index < -0.39 is 0 Å². The summed E-state index contributed by atoms with van der Waals surface area (Å²) < 4.78 is 53.7. The van der Waals surface area contributed by atoms with E-state index in [9.17, 15) is 17.6 Å². The summed E-state index contributed by atoms with van der Waals surface area (Å²) in [7, 11) is 0. The van der Waals surface area contributed by atoms with Gasteiger partial charge in [-0.2, -0.15) is 0 Å². The molecule has 6 rings (SSSR count). The molecule has 0 aliphatic carbocycles. The molecular weight excluding hydrogens is 572 g/mol. The van der Waals surface area contributed by atoms with Crippen LogP contribution in [0, 0.1) is 23.3 Å². The second-order valence-electron chi connectivity index (χ2n) is 9.41. The molecule has 2 aliphatic heterocycles. The third-order valence-corrected chi connectivity index (χ3v) is 6.15. The minimum atomic E-state index is -0.390. The van der Waals surface area contributed by atoms with Gasteiger partial charge in [0.15, 0.2) is 23.3 Å². The molecule has 0 bridgehead atoms. The third kappa shape index (κ3) is 7.05. The molecule has 8 nitrogen and oxygen atoms in total. The van der Waals surface area contributed by atoms with E-state index in [2.05, 4.69) is 41.2 Å². The van der Waals surface area contributed by atoms with Crippen LogP contribution in [0.15, 0.2) is 141 Å². The van der Waals surface area contributed by atoms with Crippen LogP contribution in [0.2, 0.25) is 0 Å². The molecular formula is C32H22F4N8. The topological polar surface area (TPSA) is 97.6 Å². The van der Waals surface area contributed by atoms with Gasteiger partial charge < -0.3 is 21.3 Å². The highest BCUT2D eigenvalue weighted by Crippen LogP contribution is 2.19. The van der Waals surface area contributed by atoms with Crippen molar-refractivity contribution >= 4 is 46.1 Å². The zero-order valence-corrected chi connectivity index (χ0v) is 22.7. The molecule has 0 unspecified atom stereocenters. The Kier molecular flexibility index (Phi) is 7.95. The quantitative estimate of drug-likeness (QED) is 0.189. The van der Waals surface area contributed by atoms with Crippen molar-refractivity contribution < 1.29 is 17.6 Å². The predicted molar refractivity (Wildman–Crippen MR) is 164 cm³/mol. The summed E-state index contributed by atoms with van der Waals surface area (Å²) in [4.78, 5) is 18.2. The maximum absolute atomic E-state index is 13.4. The van der Waals surface area contributed by atoms with E-state index in [4.69, 9.17) is 0 Å². The van der Waals surface area contributed by atoms with E-state index in [0.29, 0.717) is 57.7 Å². The fourth-order valence-electron chi connectivity index (χ4n) is 4.04. The molecule has 0 atom stereocenters. The van der Waals surface area contributed by atoms with Crippen molar-refractivity contribution in [3.05, 3.63) is 144 Å². The van der Waals surface area contributed by atoms with Gasteiger partial charge in [0.05, 0.1) is 11.4 Å². The zero-order valence-electron chi connectivity index (χ0n) is 22.7. The number of anilines is 2. The van der Waals surface area contributed by atoms with Crippen LogP contribution in [0.4, 0.5) is 40.3 Å². The number of hydrogen-bond donors (Lipinski definition) is 4. The molecule has 4 aromatic rings. The number of halogens is 4. The molecule has 0 saturated carbocycles. The molecule has 2 aliphatic rings. The van der Waals surface area contributed by atoms with Crippen LogP contribution in [0.25, 0.3) is 0 Å². The van der Waals surface area contributed by atoms with E-state index in [1.54, 1.807) is 36.4 Å². The molecule has 44 heavy (non-hydrogen) atoms. The second-order valence-corrected chi connectivity index (χ2v) is 9.41. The van der Waals surface area contributed by atoms with Crippen molar-refractivity contribution in [1.29, 1.82) is 0 Å². The zero-order chi connectivity index (χ0) is 30.5. The van der Waals surface area contributed by atoms with Crippen molar-refractivity contribution in [3.63, 3.8) is 0 Å². The molecule has 218 valence electrons. The Morgan fingerprint density at radius 1 is 0.477 bits per heavy atom. The number of allylic oxidation sites excluding steroid dienone is 2. The lowest BCUT2D eigenvalue weighted by molar-refractivity contribution is 0.627. The van der Waals surface area contributed by atoms with Crippen molar-refractivity contribution in [2.75, 3.05) is 10.6 Å². The molecule has 12 heteroatoms. The molecule has 0 fully saturated rings. The van der Waals surface area contributed by atoms with Crippen LogP contribution < -0.4 is 21.3 Å². The van der Waals surface area contributed by atoms with Crippen molar-refractivity contribution in [2.45, 2.75) is 0 Å². The first-order valence-corrected chi connectivity index (χ1v) is 13.2. The van der Waals surface area contributed by atoms with Crippen LogP contribution in [-0.2, 0) is 0 Å². The summed E-state index contributed by atoms with van der Waals surface area (Å²) in [6.45, 7) is 0. The number of nitrogens with zero attached hydrogens (tertiary/aromatic N) is 4. The maximum atomic E-state index is 13.4. The van der Waals surface area contributed by atoms with Crippen LogP contribution in [0.1, 0.15) is 0 Å². The standard InChI is InChI=1S/C32H22F4N8/c33-19-1-9-23(10-2-19)37-29-30(38-24-11-3-20(34)4-12-24)42-27(41-29)17-18-28-43-31(39-25-13-5-21(35)6-14-25)32(44-28)40-26-15-7-22(36)8-16-26/h1-18H,(H,37,41)(H,38,42)(H,39,43)(H,40,44). The molecule has 4 aromatic carbocycles. The molecule has 0 amide bonds. The number of amidine groups is 4. The first-order valence-electron chi connectivity index (χ1n) is 13.2. The van der Waals surface area contributed by atoms with E-state index in [-0.39, 0.29) is 23.3 Å². The Hall–Kier alpha value is -6.04. The fourth-order valence-corrected chi connectivity index (χ4v) is 4.04. The smallest absolute Gasteiger partial charge is 0.176 e. The van der Waals surface area contributed by atoms with Gasteiger partial charge in [-0.15, -0.1) is 0 Å². The number of rotatable bonds is 5. The Morgan fingerprint density at radius 3 is 1.14 bits per heavy atom. The highest BCUT2D eigenvalue weighted by molar-refractivity contribution is 6.47. The molecule has 0 spiro atoms. The molecule has 2 heterocycles. The Balaban J connectivity index is 1.30. The summed E-state index contributed by atoms with van der Waals surface area (Å²) in [5.74, 6) is 0.671. The molecule has 0 radical (unpaired) electrons. The number of hydrogen-bond acceptors (Lipinski definition) is 6. The first kappa shape index (κ1) is 28.1. The highest BCUT2D eigenvalue weighted by atomic mass is 19.1. The van der Waals surface area contributed by atoms with Gasteiger partial charge in [-0.25, -0.2) is 37.5 Å². The van der Waals surface area contributed by atoms with Crippen molar-refractivity contribution in [3.8, 4) is 0 Å². The van der Waals surface area contributed by atoms with Crippen LogP contribution in [0.5, 0.6) is 0 Å². The second kappa shape index (κ2) is 12.4. The fraction of sp³-hybridized carbons (Fsp3) is 0.